The summed E-state index contributed by atoms with van der Waals surface area (Å²) in [5.41, 5.74) is 5.23. The Hall–Kier alpha value is -0.610. The number of nitrogens with one attached hydrogen (secondary N) is 1. The molecule has 0 aromatic heterocycles. The van der Waals surface area contributed by atoms with E-state index in [1.54, 1.807) is 0 Å². The second-order valence-corrected chi connectivity index (χ2v) is 6.58. The van der Waals surface area contributed by atoms with Crippen molar-refractivity contribution in [2.75, 3.05) is 20.1 Å². The summed E-state index contributed by atoms with van der Waals surface area (Å²) in [7, 11) is 2.19. The molecule has 1 fully saturated rings. The van der Waals surface area contributed by atoms with Crippen LogP contribution in [0.4, 0.5) is 0 Å². The van der Waals surface area contributed by atoms with Crippen molar-refractivity contribution in [2.45, 2.75) is 70.9 Å². The largest absolute Gasteiger partial charge is 0.368 e. The van der Waals surface area contributed by atoms with Crippen LogP contribution in [-0.4, -0.2) is 42.5 Å². The van der Waals surface area contributed by atoms with Crippen molar-refractivity contribution in [2.24, 2.45) is 11.7 Å². The molecular weight excluding hydrogens is 250 g/mol. The molecule has 1 amide bonds. The number of rotatable bonds is 8. The minimum atomic E-state index is -0.483. The van der Waals surface area contributed by atoms with Crippen LogP contribution in [-0.2, 0) is 4.79 Å². The predicted octanol–water partition coefficient (Wildman–Crippen LogP) is 2.13. The molecule has 0 aliphatic heterocycles. The van der Waals surface area contributed by atoms with Crippen LogP contribution in [0.15, 0.2) is 0 Å². The highest BCUT2D eigenvalue weighted by Crippen LogP contribution is 2.31. The Morgan fingerprint density at radius 2 is 2.20 bits per heavy atom. The van der Waals surface area contributed by atoms with Crippen molar-refractivity contribution < 1.29 is 4.79 Å². The molecule has 1 saturated carbocycles. The minimum absolute atomic E-state index is 0.174. The Labute approximate surface area is 124 Å². The standard InChI is InChI=1S/C16H33N3O/c1-5-10-18-16(15(17)20)9-7-8-14(11-16)19(4)12-13(3)6-2/h13-14,18H,5-12H2,1-4H3,(H2,17,20). The van der Waals surface area contributed by atoms with E-state index in [-0.39, 0.29) is 5.91 Å². The van der Waals surface area contributed by atoms with Crippen molar-refractivity contribution in [3.63, 3.8) is 0 Å². The number of hydrogen-bond donors (Lipinski definition) is 2. The van der Waals surface area contributed by atoms with Gasteiger partial charge >= 0.3 is 0 Å². The lowest BCUT2D eigenvalue weighted by Gasteiger charge is -2.43. The van der Waals surface area contributed by atoms with Gasteiger partial charge < -0.3 is 16.0 Å². The van der Waals surface area contributed by atoms with Crippen molar-refractivity contribution >= 4 is 5.91 Å². The molecule has 4 heteroatoms. The Balaban J connectivity index is 2.69. The van der Waals surface area contributed by atoms with Gasteiger partial charge in [0.15, 0.2) is 0 Å². The average Bonchev–Trinajstić information content (AvgIpc) is 2.44. The van der Waals surface area contributed by atoms with Crippen LogP contribution in [0.5, 0.6) is 0 Å². The van der Waals surface area contributed by atoms with Crippen LogP contribution in [0.3, 0.4) is 0 Å². The number of hydrogen-bond acceptors (Lipinski definition) is 3. The number of amides is 1. The molecule has 3 N–H and O–H groups in total. The zero-order valence-corrected chi connectivity index (χ0v) is 13.7. The predicted molar refractivity (Wildman–Crippen MR) is 84.6 cm³/mol. The molecule has 0 aromatic rings. The van der Waals surface area contributed by atoms with E-state index < -0.39 is 5.54 Å². The normalized spacial score (nSPS) is 28.6. The minimum Gasteiger partial charge on any atom is -0.368 e. The lowest BCUT2D eigenvalue weighted by atomic mass is 9.77. The zero-order valence-electron chi connectivity index (χ0n) is 13.7. The summed E-state index contributed by atoms with van der Waals surface area (Å²) in [6.07, 6.45) is 6.23. The van der Waals surface area contributed by atoms with Gasteiger partial charge in [0.05, 0.1) is 5.54 Å². The molecule has 118 valence electrons. The van der Waals surface area contributed by atoms with Gasteiger partial charge in [-0.05, 0) is 51.6 Å². The van der Waals surface area contributed by atoms with Crippen LogP contribution < -0.4 is 11.1 Å². The SMILES string of the molecule is CCCNC1(C(N)=O)CCCC(N(C)CC(C)CC)C1. The first-order chi connectivity index (χ1) is 9.45. The van der Waals surface area contributed by atoms with Crippen molar-refractivity contribution in [1.82, 2.24) is 10.2 Å². The second-order valence-electron chi connectivity index (χ2n) is 6.58. The van der Waals surface area contributed by atoms with Gasteiger partial charge in [0.2, 0.25) is 5.91 Å². The smallest absolute Gasteiger partial charge is 0.237 e. The van der Waals surface area contributed by atoms with E-state index in [0.29, 0.717) is 12.0 Å². The summed E-state index contributed by atoms with van der Waals surface area (Å²) >= 11 is 0. The Morgan fingerprint density at radius 1 is 1.50 bits per heavy atom. The molecule has 0 spiro atoms. The molecule has 4 nitrogen and oxygen atoms in total. The Bertz CT molecular complexity index is 308. The van der Waals surface area contributed by atoms with Crippen molar-refractivity contribution in [1.29, 1.82) is 0 Å². The van der Waals surface area contributed by atoms with Gasteiger partial charge in [-0.1, -0.05) is 27.2 Å². The van der Waals surface area contributed by atoms with E-state index in [4.69, 9.17) is 5.73 Å². The number of primary amides is 1. The maximum Gasteiger partial charge on any atom is 0.237 e. The maximum absolute atomic E-state index is 12.0. The molecule has 0 saturated heterocycles. The molecule has 3 unspecified atom stereocenters. The maximum atomic E-state index is 12.0. The topological polar surface area (TPSA) is 58.4 Å². The van der Waals surface area contributed by atoms with Gasteiger partial charge in [0.1, 0.15) is 0 Å². The van der Waals surface area contributed by atoms with Gasteiger partial charge in [0, 0.05) is 12.6 Å². The van der Waals surface area contributed by atoms with Crippen LogP contribution in [0.25, 0.3) is 0 Å². The monoisotopic (exact) mass is 283 g/mol. The lowest BCUT2D eigenvalue weighted by Crippen LogP contribution is -2.60. The van der Waals surface area contributed by atoms with Gasteiger partial charge in [-0.2, -0.15) is 0 Å². The molecule has 0 radical (unpaired) electrons. The van der Waals surface area contributed by atoms with E-state index in [1.807, 2.05) is 0 Å². The number of nitrogens with zero attached hydrogens (tertiary/aromatic N) is 1. The fourth-order valence-corrected chi connectivity index (χ4v) is 3.23. The molecule has 20 heavy (non-hydrogen) atoms. The van der Waals surface area contributed by atoms with Crippen LogP contribution in [0, 0.1) is 5.92 Å². The zero-order chi connectivity index (χ0) is 15.2. The van der Waals surface area contributed by atoms with Crippen molar-refractivity contribution in [3.8, 4) is 0 Å². The lowest BCUT2D eigenvalue weighted by molar-refractivity contribution is -0.126. The first kappa shape index (κ1) is 17.4. The summed E-state index contributed by atoms with van der Waals surface area (Å²) in [6, 6.07) is 0.467. The highest BCUT2D eigenvalue weighted by molar-refractivity contribution is 5.84. The molecule has 1 aliphatic rings. The first-order valence-electron chi connectivity index (χ1n) is 8.20. The quantitative estimate of drug-likeness (QED) is 0.717. The molecule has 0 heterocycles. The molecule has 3 atom stereocenters. The van der Waals surface area contributed by atoms with E-state index >= 15 is 0 Å². The highest BCUT2D eigenvalue weighted by atomic mass is 16.1. The van der Waals surface area contributed by atoms with Gasteiger partial charge in [0.25, 0.3) is 0 Å². The number of carbonyl (C=O) groups is 1. The van der Waals surface area contributed by atoms with Gasteiger partial charge in [-0.15, -0.1) is 0 Å². The second kappa shape index (κ2) is 7.99. The van der Waals surface area contributed by atoms with E-state index in [9.17, 15) is 4.79 Å². The van der Waals surface area contributed by atoms with E-state index in [2.05, 4.69) is 38.0 Å². The van der Waals surface area contributed by atoms with Gasteiger partial charge in [-0.25, -0.2) is 0 Å². The fraction of sp³-hybridized carbons (Fsp3) is 0.938. The Morgan fingerprint density at radius 3 is 2.75 bits per heavy atom. The summed E-state index contributed by atoms with van der Waals surface area (Å²) < 4.78 is 0. The highest BCUT2D eigenvalue weighted by Gasteiger charge is 2.41. The summed E-state index contributed by atoms with van der Waals surface area (Å²) in [6.45, 7) is 8.61. The third kappa shape index (κ3) is 4.45. The molecule has 1 rings (SSSR count). The third-order valence-electron chi connectivity index (χ3n) is 4.83. The summed E-state index contributed by atoms with van der Waals surface area (Å²) in [5, 5.41) is 3.44. The Kier molecular flexibility index (Phi) is 6.96. The van der Waals surface area contributed by atoms with E-state index in [0.717, 1.165) is 38.8 Å². The number of carbonyl (C=O) groups excluding carboxylic acids is 1. The summed E-state index contributed by atoms with van der Waals surface area (Å²) in [4.78, 5) is 14.4. The summed E-state index contributed by atoms with van der Waals surface area (Å²) in [5.74, 6) is 0.529. The fourth-order valence-electron chi connectivity index (χ4n) is 3.23. The van der Waals surface area contributed by atoms with Crippen LogP contribution in [0.1, 0.15) is 59.3 Å². The molecular formula is C16H33N3O. The van der Waals surface area contributed by atoms with Crippen LogP contribution in [0.2, 0.25) is 0 Å². The first-order valence-corrected chi connectivity index (χ1v) is 8.20. The third-order valence-corrected chi connectivity index (χ3v) is 4.83. The molecule has 1 aliphatic carbocycles. The average molecular weight is 283 g/mol. The van der Waals surface area contributed by atoms with Gasteiger partial charge in [-0.3, -0.25) is 4.79 Å². The number of nitrogens with two attached hydrogens (primary N) is 1. The van der Waals surface area contributed by atoms with E-state index in [1.165, 1.54) is 12.8 Å². The molecule has 0 bridgehead atoms. The van der Waals surface area contributed by atoms with Crippen LogP contribution >= 0.6 is 0 Å². The molecule has 0 aromatic carbocycles. The van der Waals surface area contributed by atoms with Crippen molar-refractivity contribution in [3.05, 3.63) is 0 Å².